The topological polar surface area (TPSA) is 49.8 Å². The maximum atomic E-state index is 11.5. The highest BCUT2D eigenvalue weighted by molar-refractivity contribution is 5.79. The van der Waals surface area contributed by atoms with E-state index < -0.39 is 6.10 Å². The van der Waals surface area contributed by atoms with Crippen LogP contribution in [0.5, 0.6) is 0 Å². The second-order valence-corrected chi connectivity index (χ2v) is 4.53. The molecule has 0 unspecified atom stereocenters. The summed E-state index contributed by atoms with van der Waals surface area (Å²) in [6.07, 6.45) is 1.91. The van der Waals surface area contributed by atoms with E-state index >= 15 is 0 Å². The number of aliphatic hydroxyl groups excluding tert-OH is 1. The lowest BCUT2D eigenvalue weighted by atomic mass is 9.87. The third kappa shape index (κ3) is 1.04. The van der Waals surface area contributed by atoms with E-state index in [1.54, 1.807) is 0 Å². The third-order valence-corrected chi connectivity index (χ3v) is 3.80. The Balaban J connectivity index is 1.86. The van der Waals surface area contributed by atoms with E-state index in [0.717, 1.165) is 26.0 Å². The highest BCUT2D eigenvalue weighted by atomic mass is 16.5. The van der Waals surface area contributed by atoms with Gasteiger partial charge < -0.3 is 14.7 Å². The summed E-state index contributed by atoms with van der Waals surface area (Å²) in [7, 11) is 0. The number of amides is 1. The van der Waals surface area contributed by atoms with Crippen LogP contribution in [0, 0.1) is 5.92 Å². The van der Waals surface area contributed by atoms with Crippen molar-refractivity contribution in [2.45, 2.75) is 37.5 Å². The number of carbonyl (C=O) groups is 1. The van der Waals surface area contributed by atoms with Crippen molar-refractivity contribution in [3.05, 3.63) is 0 Å². The summed E-state index contributed by atoms with van der Waals surface area (Å²) >= 11 is 0. The summed E-state index contributed by atoms with van der Waals surface area (Å²) < 4.78 is 5.52. The molecule has 3 aliphatic rings. The van der Waals surface area contributed by atoms with Gasteiger partial charge in [0.2, 0.25) is 5.91 Å². The lowest BCUT2D eigenvalue weighted by Gasteiger charge is -2.40. The minimum Gasteiger partial charge on any atom is -0.388 e. The fourth-order valence-corrected chi connectivity index (χ4v) is 3.05. The second kappa shape index (κ2) is 2.94. The Hall–Kier alpha value is -0.610. The average molecular weight is 197 g/mol. The lowest BCUT2D eigenvalue weighted by molar-refractivity contribution is -0.140. The van der Waals surface area contributed by atoms with Crippen molar-refractivity contribution < 1.29 is 14.6 Å². The summed E-state index contributed by atoms with van der Waals surface area (Å²) in [5.41, 5.74) is 0. The molecule has 0 aromatic carbocycles. The Kier molecular flexibility index (Phi) is 1.82. The zero-order valence-electron chi connectivity index (χ0n) is 8.06. The van der Waals surface area contributed by atoms with Crippen molar-refractivity contribution >= 4 is 5.91 Å². The molecule has 78 valence electrons. The van der Waals surface area contributed by atoms with Gasteiger partial charge in [0.1, 0.15) is 6.10 Å². The van der Waals surface area contributed by atoms with Crippen LogP contribution < -0.4 is 0 Å². The molecule has 3 aliphatic heterocycles. The van der Waals surface area contributed by atoms with Gasteiger partial charge in [-0.25, -0.2) is 0 Å². The molecule has 1 N–H and O–H groups in total. The van der Waals surface area contributed by atoms with Gasteiger partial charge in [-0.1, -0.05) is 0 Å². The first-order valence-electron chi connectivity index (χ1n) is 5.36. The van der Waals surface area contributed by atoms with Gasteiger partial charge in [-0.3, -0.25) is 4.79 Å². The van der Waals surface area contributed by atoms with Crippen LogP contribution in [-0.4, -0.2) is 47.3 Å². The average Bonchev–Trinajstić information content (AvgIpc) is 2.75. The van der Waals surface area contributed by atoms with Crippen molar-refractivity contribution in [2.75, 3.05) is 13.2 Å². The van der Waals surface area contributed by atoms with E-state index in [1.165, 1.54) is 0 Å². The minimum absolute atomic E-state index is 0.0119. The second-order valence-electron chi connectivity index (χ2n) is 4.53. The van der Waals surface area contributed by atoms with Crippen LogP contribution in [0.2, 0.25) is 0 Å². The van der Waals surface area contributed by atoms with Crippen LogP contribution in [0.1, 0.15) is 19.3 Å². The summed E-state index contributed by atoms with van der Waals surface area (Å²) in [5.74, 6) is 0.572. The minimum atomic E-state index is -0.456. The summed E-state index contributed by atoms with van der Waals surface area (Å²) in [6, 6.07) is 0.0295. The molecule has 1 amide bonds. The molecule has 0 aliphatic carbocycles. The molecule has 4 heteroatoms. The van der Waals surface area contributed by atoms with Gasteiger partial charge in [0.25, 0.3) is 0 Å². The lowest BCUT2D eigenvalue weighted by Crippen LogP contribution is -2.56. The smallest absolute Gasteiger partial charge is 0.222 e. The SMILES string of the molecule is O=C1CC[C@H]2[C@H](O)[C@@H]3OCC[C@@H]3CN12. The normalized spacial score (nSPS) is 46.6. The Bertz CT molecular complexity index is 268. The molecule has 0 radical (unpaired) electrons. The van der Waals surface area contributed by atoms with Crippen LogP contribution in [0.25, 0.3) is 0 Å². The van der Waals surface area contributed by atoms with Gasteiger partial charge in [0.15, 0.2) is 0 Å². The highest BCUT2D eigenvalue weighted by Crippen LogP contribution is 2.36. The van der Waals surface area contributed by atoms with E-state index in [4.69, 9.17) is 4.74 Å². The molecule has 3 heterocycles. The number of piperidine rings is 1. The number of rotatable bonds is 0. The largest absolute Gasteiger partial charge is 0.388 e. The van der Waals surface area contributed by atoms with Crippen LogP contribution >= 0.6 is 0 Å². The van der Waals surface area contributed by atoms with Crippen molar-refractivity contribution in [3.63, 3.8) is 0 Å². The van der Waals surface area contributed by atoms with Gasteiger partial charge in [0, 0.05) is 25.5 Å². The van der Waals surface area contributed by atoms with Crippen LogP contribution in [0.15, 0.2) is 0 Å². The number of nitrogens with zero attached hydrogens (tertiary/aromatic N) is 1. The van der Waals surface area contributed by atoms with E-state index in [1.807, 2.05) is 4.90 Å². The van der Waals surface area contributed by atoms with Gasteiger partial charge in [-0.2, -0.15) is 0 Å². The number of aliphatic hydroxyl groups is 1. The molecule has 3 saturated heterocycles. The van der Waals surface area contributed by atoms with Crippen LogP contribution in [0.3, 0.4) is 0 Å². The molecular formula is C10H15NO3. The highest BCUT2D eigenvalue weighted by Gasteiger charge is 2.49. The zero-order chi connectivity index (χ0) is 9.71. The Morgan fingerprint density at radius 1 is 1.43 bits per heavy atom. The first-order chi connectivity index (χ1) is 6.77. The van der Waals surface area contributed by atoms with Gasteiger partial charge >= 0.3 is 0 Å². The molecule has 0 aromatic rings. The predicted octanol–water partition coefficient (Wildman–Crippen LogP) is -0.243. The van der Waals surface area contributed by atoms with Gasteiger partial charge in [0.05, 0.1) is 12.1 Å². The van der Waals surface area contributed by atoms with Gasteiger partial charge in [-0.05, 0) is 12.8 Å². The standard InChI is InChI=1S/C10H15NO3/c12-8-2-1-7-9(13)10-6(3-4-14-10)5-11(7)8/h6-7,9-10,13H,1-5H2/t6-,7+,9+,10-/m1/s1. The fourth-order valence-electron chi connectivity index (χ4n) is 3.05. The Morgan fingerprint density at radius 2 is 2.29 bits per heavy atom. The zero-order valence-corrected chi connectivity index (χ0v) is 8.06. The summed E-state index contributed by atoms with van der Waals surface area (Å²) in [6.45, 7) is 1.53. The number of ether oxygens (including phenoxy) is 1. The molecule has 0 bridgehead atoms. The van der Waals surface area contributed by atoms with Crippen LogP contribution in [-0.2, 0) is 9.53 Å². The van der Waals surface area contributed by atoms with Gasteiger partial charge in [-0.15, -0.1) is 0 Å². The van der Waals surface area contributed by atoms with Crippen molar-refractivity contribution in [3.8, 4) is 0 Å². The molecule has 0 spiro atoms. The molecule has 4 nitrogen and oxygen atoms in total. The van der Waals surface area contributed by atoms with Crippen molar-refractivity contribution in [1.29, 1.82) is 0 Å². The quantitative estimate of drug-likeness (QED) is 0.583. The number of fused-ring (bicyclic) bond motifs is 2. The molecule has 0 saturated carbocycles. The molecule has 4 atom stereocenters. The van der Waals surface area contributed by atoms with Crippen LogP contribution in [0.4, 0.5) is 0 Å². The molecule has 14 heavy (non-hydrogen) atoms. The Labute approximate surface area is 82.8 Å². The number of carbonyl (C=O) groups excluding carboxylic acids is 1. The molecular weight excluding hydrogens is 182 g/mol. The van der Waals surface area contributed by atoms with E-state index in [9.17, 15) is 9.90 Å². The Morgan fingerprint density at radius 3 is 3.14 bits per heavy atom. The number of hydrogen-bond donors (Lipinski definition) is 1. The van der Waals surface area contributed by atoms with E-state index in [0.29, 0.717) is 12.3 Å². The summed E-state index contributed by atoms with van der Waals surface area (Å²) in [5, 5.41) is 10.0. The fraction of sp³-hybridized carbons (Fsp3) is 0.900. The number of hydrogen-bond acceptors (Lipinski definition) is 3. The van der Waals surface area contributed by atoms with Crippen molar-refractivity contribution in [2.24, 2.45) is 5.92 Å². The first-order valence-corrected chi connectivity index (χ1v) is 5.36. The summed E-state index contributed by atoms with van der Waals surface area (Å²) in [4.78, 5) is 13.4. The molecule has 3 fully saturated rings. The monoisotopic (exact) mass is 197 g/mol. The van der Waals surface area contributed by atoms with Crippen molar-refractivity contribution in [1.82, 2.24) is 4.90 Å². The molecule has 3 rings (SSSR count). The van der Waals surface area contributed by atoms with E-state index in [-0.39, 0.29) is 18.1 Å². The van der Waals surface area contributed by atoms with E-state index in [2.05, 4.69) is 0 Å². The maximum Gasteiger partial charge on any atom is 0.222 e. The molecule has 0 aromatic heterocycles. The predicted molar refractivity (Wildman–Crippen MR) is 48.6 cm³/mol. The first kappa shape index (κ1) is 8.68. The maximum absolute atomic E-state index is 11.5. The third-order valence-electron chi connectivity index (χ3n) is 3.80.